The van der Waals surface area contributed by atoms with Crippen LogP contribution in [-0.4, -0.2) is 31.8 Å². The smallest absolute Gasteiger partial charge is 0.433 e. The molecule has 0 aromatic rings. The van der Waals surface area contributed by atoms with E-state index < -0.39 is 17.7 Å². The first-order valence-corrected chi connectivity index (χ1v) is 4.97. The van der Waals surface area contributed by atoms with Crippen LogP contribution in [0.15, 0.2) is 0 Å². The van der Waals surface area contributed by atoms with Crippen molar-refractivity contribution in [3.05, 3.63) is 0 Å². The molecule has 2 unspecified atom stereocenters. The zero-order valence-electron chi connectivity index (χ0n) is 9.49. The first-order chi connectivity index (χ1) is 6.91. The topological polar surface area (TPSA) is 64.6 Å². The first kappa shape index (κ1) is 11.8. The predicted octanol–water partition coefficient (Wildman–Crippen LogP) is 0.930. The van der Waals surface area contributed by atoms with Crippen LogP contribution in [0.25, 0.3) is 0 Å². The summed E-state index contributed by atoms with van der Waals surface area (Å²) in [7, 11) is 1.56. The molecule has 0 saturated carbocycles. The summed E-state index contributed by atoms with van der Waals surface area (Å²) in [4.78, 5) is 22.7. The molecule has 1 heterocycles. The normalized spacial score (nSPS) is 30.7. The van der Waals surface area contributed by atoms with Gasteiger partial charge in [0.2, 0.25) is 5.91 Å². The molecule has 0 aromatic carbocycles. The van der Waals surface area contributed by atoms with Gasteiger partial charge in [0.25, 0.3) is 0 Å². The number of hydrogen-bond donors (Lipinski definition) is 1. The highest BCUT2D eigenvalue weighted by Gasteiger charge is 2.49. The fraction of sp³-hybridized carbons (Fsp3) is 0.800. The molecular weight excluding hydrogens is 198 g/mol. The summed E-state index contributed by atoms with van der Waals surface area (Å²) < 4.78 is 9.84. The molecule has 0 spiro atoms. The standard InChI is InChI=1S/C10H17NO4/c1-6(2)7-10(3,8(12)11-4)5-14-9(13)15-7/h6-7H,5H2,1-4H3,(H,11,12). The van der Waals surface area contributed by atoms with Crippen molar-refractivity contribution in [2.75, 3.05) is 13.7 Å². The summed E-state index contributed by atoms with van der Waals surface area (Å²) >= 11 is 0. The van der Waals surface area contributed by atoms with Crippen LogP contribution >= 0.6 is 0 Å². The minimum Gasteiger partial charge on any atom is -0.433 e. The lowest BCUT2D eigenvalue weighted by Crippen LogP contribution is -2.55. The van der Waals surface area contributed by atoms with Crippen molar-refractivity contribution in [2.45, 2.75) is 26.9 Å². The Labute approximate surface area is 89.1 Å². The summed E-state index contributed by atoms with van der Waals surface area (Å²) in [6, 6.07) is 0. The van der Waals surface area contributed by atoms with E-state index in [4.69, 9.17) is 9.47 Å². The van der Waals surface area contributed by atoms with Crippen molar-refractivity contribution in [3.8, 4) is 0 Å². The second-order valence-electron chi connectivity index (χ2n) is 4.32. The number of carbonyl (C=O) groups excluding carboxylic acids is 2. The van der Waals surface area contributed by atoms with Crippen LogP contribution in [0.4, 0.5) is 4.79 Å². The van der Waals surface area contributed by atoms with E-state index >= 15 is 0 Å². The van der Waals surface area contributed by atoms with Crippen LogP contribution in [0.3, 0.4) is 0 Å². The van der Waals surface area contributed by atoms with Gasteiger partial charge in [-0.15, -0.1) is 0 Å². The molecule has 0 aliphatic carbocycles. The Balaban J connectivity index is 2.93. The summed E-state index contributed by atoms with van der Waals surface area (Å²) in [5.41, 5.74) is -0.809. The van der Waals surface area contributed by atoms with E-state index in [0.29, 0.717) is 0 Å². The molecule has 0 bridgehead atoms. The van der Waals surface area contributed by atoms with Crippen molar-refractivity contribution in [1.29, 1.82) is 0 Å². The van der Waals surface area contributed by atoms with Gasteiger partial charge in [-0.2, -0.15) is 0 Å². The van der Waals surface area contributed by atoms with E-state index in [-0.39, 0.29) is 18.4 Å². The number of cyclic esters (lactones) is 2. The fourth-order valence-electron chi connectivity index (χ4n) is 1.91. The number of amides is 1. The Bertz CT molecular complexity index is 277. The molecule has 5 heteroatoms. The maximum absolute atomic E-state index is 11.7. The van der Waals surface area contributed by atoms with E-state index in [0.717, 1.165) is 0 Å². The number of hydrogen-bond acceptors (Lipinski definition) is 4. The first-order valence-electron chi connectivity index (χ1n) is 4.97. The van der Waals surface area contributed by atoms with Gasteiger partial charge >= 0.3 is 6.16 Å². The van der Waals surface area contributed by atoms with Gasteiger partial charge in [0.15, 0.2) is 0 Å². The van der Waals surface area contributed by atoms with Crippen molar-refractivity contribution >= 4 is 12.1 Å². The third-order valence-corrected chi connectivity index (χ3v) is 2.69. The van der Waals surface area contributed by atoms with E-state index in [2.05, 4.69) is 5.32 Å². The lowest BCUT2D eigenvalue weighted by Gasteiger charge is -2.40. The van der Waals surface area contributed by atoms with Crippen molar-refractivity contribution in [1.82, 2.24) is 5.32 Å². The van der Waals surface area contributed by atoms with Gasteiger partial charge in [-0.3, -0.25) is 4.79 Å². The highest BCUT2D eigenvalue weighted by atomic mass is 16.7. The van der Waals surface area contributed by atoms with Crippen LogP contribution < -0.4 is 5.32 Å². The molecule has 1 aliphatic heterocycles. The third-order valence-electron chi connectivity index (χ3n) is 2.69. The molecule has 1 N–H and O–H groups in total. The summed E-state index contributed by atoms with van der Waals surface area (Å²) in [5.74, 6) is -0.103. The van der Waals surface area contributed by atoms with E-state index in [9.17, 15) is 9.59 Å². The van der Waals surface area contributed by atoms with Crippen LogP contribution in [-0.2, 0) is 14.3 Å². The minimum absolute atomic E-state index is 0.0638. The summed E-state index contributed by atoms with van der Waals surface area (Å²) in [6.07, 6.45) is -1.14. The van der Waals surface area contributed by atoms with Gasteiger partial charge in [-0.05, 0) is 12.8 Å². The molecule has 1 fully saturated rings. The van der Waals surface area contributed by atoms with Gasteiger partial charge in [0.1, 0.15) is 18.1 Å². The Hall–Kier alpha value is -1.26. The zero-order chi connectivity index (χ0) is 11.6. The SMILES string of the molecule is CNC(=O)C1(C)COC(=O)OC1C(C)C. The molecule has 1 rings (SSSR count). The van der Waals surface area contributed by atoms with Crippen molar-refractivity contribution in [3.63, 3.8) is 0 Å². The van der Waals surface area contributed by atoms with Gasteiger partial charge in [-0.1, -0.05) is 13.8 Å². The molecule has 15 heavy (non-hydrogen) atoms. The van der Waals surface area contributed by atoms with Gasteiger partial charge in [-0.25, -0.2) is 4.79 Å². The molecule has 1 saturated heterocycles. The second kappa shape index (κ2) is 4.08. The fourth-order valence-corrected chi connectivity index (χ4v) is 1.91. The monoisotopic (exact) mass is 215 g/mol. The molecular formula is C10H17NO4. The second-order valence-corrected chi connectivity index (χ2v) is 4.32. The Kier molecular flexibility index (Phi) is 3.21. The molecule has 1 amide bonds. The zero-order valence-corrected chi connectivity index (χ0v) is 9.49. The number of rotatable bonds is 2. The number of ether oxygens (including phenoxy) is 2. The Morgan fingerprint density at radius 2 is 2.20 bits per heavy atom. The van der Waals surface area contributed by atoms with Gasteiger partial charge in [0, 0.05) is 7.05 Å². The van der Waals surface area contributed by atoms with Crippen LogP contribution in [0.2, 0.25) is 0 Å². The highest BCUT2D eigenvalue weighted by Crippen LogP contribution is 2.33. The third kappa shape index (κ3) is 2.06. The maximum atomic E-state index is 11.7. The number of carbonyl (C=O) groups is 2. The lowest BCUT2D eigenvalue weighted by atomic mass is 9.78. The number of nitrogens with one attached hydrogen (secondary N) is 1. The molecule has 2 atom stereocenters. The van der Waals surface area contributed by atoms with Crippen LogP contribution in [0.5, 0.6) is 0 Å². The minimum atomic E-state index is -0.809. The highest BCUT2D eigenvalue weighted by molar-refractivity contribution is 5.84. The summed E-state index contributed by atoms with van der Waals surface area (Å²) in [5, 5.41) is 2.56. The van der Waals surface area contributed by atoms with Crippen LogP contribution in [0.1, 0.15) is 20.8 Å². The average Bonchev–Trinajstić information content (AvgIpc) is 2.20. The van der Waals surface area contributed by atoms with Crippen molar-refractivity contribution in [2.24, 2.45) is 11.3 Å². The molecule has 0 radical (unpaired) electrons. The predicted molar refractivity (Wildman–Crippen MR) is 53.2 cm³/mol. The van der Waals surface area contributed by atoms with Gasteiger partial charge in [0.05, 0.1) is 0 Å². The Morgan fingerprint density at radius 1 is 1.60 bits per heavy atom. The molecule has 1 aliphatic rings. The lowest BCUT2D eigenvalue weighted by molar-refractivity contribution is -0.157. The molecule has 0 aromatic heterocycles. The van der Waals surface area contributed by atoms with Gasteiger partial charge < -0.3 is 14.8 Å². The Morgan fingerprint density at radius 3 is 2.67 bits per heavy atom. The average molecular weight is 215 g/mol. The van der Waals surface area contributed by atoms with Crippen molar-refractivity contribution < 1.29 is 19.1 Å². The largest absolute Gasteiger partial charge is 0.508 e. The van der Waals surface area contributed by atoms with E-state index in [1.54, 1.807) is 14.0 Å². The van der Waals surface area contributed by atoms with E-state index in [1.807, 2.05) is 13.8 Å². The quantitative estimate of drug-likeness (QED) is 0.696. The van der Waals surface area contributed by atoms with E-state index in [1.165, 1.54) is 0 Å². The summed E-state index contributed by atoms with van der Waals surface area (Å²) in [6.45, 7) is 5.62. The molecule has 86 valence electrons. The van der Waals surface area contributed by atoms with Crippen LogP contribution in [0, 0.1) is 11.3 Å². The molecule has 5 nitrogen and oxygen atoms in total. The maximum Gasteiger partial charge on any atom is 0.508 e.